The largest absolute Gasteiger partial charge is 0.350 e. The van der Waals surface area contributed by atoms with E-state index in [1.165, 1.54) is 12.1 Å². The van der Waals surface area contributed by atoms with Crippen LogP contribution in [0, 0.1) is 0 Å². The normalized spacial score (nSPS) is 9.31. The molecule has 0 heterocycles. The van der Waals surface area contributed by atoms with Crippen molar-refractivity contribution < 1.29 is 14.1 Å². The monoisotopic (exact) mass is 182 g/mol. The molecule has 0 fully saturated rings. The molecule has 0 aliphatic heterocycles. The van der Waals surface area contributed by atoms with Crippen molar-refractivity contribution in [2.45, 2.75) is 0 Å². The van der Waals surface area contributed by atoms with Gasteiger partial charge in [-0.15, -0.1) is 0 Å². The molecule has 0 atom stereocenters. The molecule has 0 aromatic heterocycles. The molecule has 5 heteroatoms. The molecule has 0 unspecified atom stereocenters. The molecule has 68 valence electrons. The maximum absolute atomic E-state index is 12.6. The lowest BCUT2D eigenvalue weighted by molar-refractivity contribution is 0.0416. The second kappa shape index (κ2) is 3.66. The highest BCUT2D eigenvalue weighted by Crippen LogP contribution is 2.04. The van der Waals surface area contributed by atoms with Crippen LogP contribution in [-0.2, 0) is 0 Å². The van der Waals surface area contributed by atoms with E-state index in [4.69, 9.17) is 0 Å². The first kappa shape index (κ1) is 9.18. The van der Waals surface area contributed by atoms with Crippen LogP contribution in [0.2, 0.25) is 0 Å². The predicted octanol–water partition coefficient (Wildman–Crippen LogP) is 1.09. The quantitative estimate of drug-likeness (QED) is 0.661. The van der Waals surface area contributed by atoms with Crippen LogP contribution in [0.1, 0.15) is 10.4 Å². The Bertz CT molecular complexity index is 326. The number of benzene rings is 1. The standard InChI is InChI=1S/C8H7FN2O2/c9-11(8(10)13)7(12)6-4-2-1-3-5-6/h1-5H,(H2,10,13). The maximum atomic E-state index is 12.6. The van der Waals surface area contributed by atoms with Gasteiger partial charge in [0.2, 0.25) is 0 Å². The Kier molecular flexibility index (Phi) is 2.59. The van der Waals surface area contributed by atoms with E-state index in [0.717, 1.165) is 0 Å². The number of imide groups is 1. The minimum absolute atomic E-state index is 0.0730. The summed E-state index contributed by atoms with van der Waals surface area (Å²) in [6.07, 6.45) is 0. The Hall–Kier alpha value is -1.91. The van der Waals surface area contributed by atoms with Crippen molar-refractivity contribution in [3.8, 4) is 0 Å². The summed E-state index contributed by atoms with van der Waals surface area (Å²) in [5.41, 5.74) is 4.64. The zero-order chi connectivity index (χ0) is 9.84. The van der Waals surface area contributed by atoms with Crippen LogP contribution >= 0.6 is 0 Å². The molecule has 1 aromatic carbocycles. The van der Waals surface area contributed by atoms with Gasteiger partial charge in [0.05, 0.1) is 0 Å². The summed E-state index contributed by atoms with van der Waals surface area (Å²) in [5.74, 6) is -1.06. The number of nitrogens with two attached hydrogens (primary N) is 1. The van der Waals surface area contributed by atoms with Crippen LogP contribution in [-0.4, -0.2) is 17.1 Å². The Balaban J connectivity index is 2.86. The molecule has 0 bridgehead atoms. The fourth-order valence-corrected chi connectivity index (χ4v) is 0.794. The molecule has 2 N–H and O–H groups in total. The van der Waals surface area contributed by atoms with Gasteiger partial charge in [-0.25, -0.2) is 4.79 Å². The molecule has 0 aliphatic carbocycles. The van der Waals surface area contributed by atoms with Crippen molar-refractivity contribution in [3.63, 3.8) is 0 Å². The van der Waals surface area contributed by atoms with E-state index in [0.29, 0.717) is 0 Å². The van der Waals surface area contributed by atoms with E-state index in [1.807, 2.05) is 0 Å². The summed E-state index contributed by atoms with van der Waals surface area (Å²) in [6, 6.07) is 6.14. The first-order valence-electron chi connectivity index (χ1n) is 3.47. The number of urea groups is 1. The molecule has 0 radical (unpaired) electrons. The molecular weight excluding hydrogens is 175 g/mol. The summed E-state index contributed by atoms with van der Waals surface area (Å²) >= 11 is 0. The molecule has 4 nitrogen and oxygen atoms in total. The Labute approximate surface area is 73.7 Å². The fraction of sp³-hybridized carbons (Fsp3) is 0. The maximum Gasteiger partial charge on any atom is 0.350 e. The number of rotatable bonds is 1. The van der Waals surface area contributed by atoms with Crippen LogP contribution in [0.3, 0.4) is 0 Å². The van der Waals surface area contributed by atoms with Crippen molar-refractivity contribution in [2.75, 3.05) is 0 Å². The van der Waals surface area contributed by atoms with Crippen LogP contribution in [0.4, 0.5) is 9.28 Å². The Morgan fingerprint density at radius 2 is 1.77 bits per heavy atom. The first-order valence-corrected chi connectivity index (χ1v) is 3.47. The Morgan fingerprint density at radius 1 is 1.23 bits per heavy atom. The fourth-order valence-electron chi connectivity index (χ4n) is 0.794. The first-order chi connectivity index (χ1) is 6.13. The molecule has 0 saturated heterocycles. The SMILES string of the molecule is NC(=O)N(F)C(=O)c1ccccc1. The number of hydrogen-bond donors (Lipinski definition) is 1. The van der Waals surface area contributed by atoms with E-state index < -0.39 is 17.1 Å². The number of carbonyl (C=O) groups is 2. The molecule has 0 aliphatic rings. The van der Waals surface area contributed by atoms with Crippen LogP contribution in [0.15, 0.2) is 30.3 Å². The third-order valence-corrected chi connectivity index (χ3v) is 1.39. The molecule has 1 aromatic rings. The Morgan fingerprint density at radius 3 is 2.23 bits per heavy atom. The molecule has 1 rings (SSSR count). The summed E-state index contributed by atoms with van der Waals surface area (Å²) in [5, 5.41) is -0.630. The lowest BCUT2D eigenvalue weighted by atomic mass is 10.2. The average Bonchev–Trinajstić information content (AvgIpc) is 2.17. The van der Waals surface area contributed by atoms with Crippen molar-refractivity contribution in [3.05, 3.63) is 35.9 Å². The molecule has 13 heavy (non-hydrogen) atoms. The second-order valence-electron chi connectivity index (χ2n) is 2.29. The van der Waals surface area contributed by atoms with E-state index in [1.54, 1.807) is 18.2 Å². The molecule has 3 amide bonds. The second-order valence-corrected chi connectivity index (χ2v) is 2.29. The van der Waals surface area contributed by atoms with Gasteiger partial charge in [0.25, 0.3) is 5.91 Å². The van der Waals surface area contributed by atoms with Crippen LogP contribution < -0.4 is 5.73 Å². The molecule has 0 saturated carbocycles. The number of carbonyl (C=O) groups excluding carboxylic acids is 2. The number of halogens is 1. The van der Waals surface area contributed by atoms with Gasteiger partial charge in [-0.1, -0.05) is 27.8 Å². The zero-order valence-electron chi connectivity index (χ0n) is 6.61. The van der Waals surface area contributed by atoms with Gasteiger partial charge < -0.3 is 5.73 Å². The molecule has 0 spiro atoms. The van der Waals surface area contributed by atoms with Crippen LogP contribution in [0.5, 0.6) is 0 Å². The highest BCUT2D eigenvalue weighted by atomic mass is 19.2. The number of nitrogens with zero attached hydrogens (tertiary/aromatic N) is 1. The topological polar surface area (TPSA) is 63.4 Å². The average molecular weight is 182 g/mol. The molecular formula is C8H7FN2O2. The highest BCUT2D eigenvalue weighted by molar-refractivity contribution is 6.02. The van der Waals surface area contributed by atoms with E-state index in [-0.39, 0.29) is 5.56 Å². The lowest BCUT2D eigenvalue weighted by Crippen LogP contribution is -2.33. The van der Waals surface area contributed by atoms with Crippen molar-refractivity contribution >= 4 is 11.9 Å². The van der Waals surface area contributed by atoms with E-state index in [2.05, 4.69) is 5.73 Å². The summed E-state index contributed by atoms with van der Waals surface area (Å²) in [6.45, 7) is 0. The third kappa shape index (κ3) is 2.02. The summed E-state index contributed by atoms with van der Waals surface area (Å²) in [7, 11) is 0. The minimum Gasteiger partial charge on any atom is -0.349 e. The van der Waals surface area contributed by atoms with Gasteiger partial charge in [0, 0.05) is 5.56 Å². The van der Waals surface area contributed by atoms with Crippen molar-refractivity contribution in [1.29, 1.82) is 0 Å². The summed E-state index contributed by atoms with van der Waals surface area (Å²) in [4.78, 5) is 21.3. The number of primary amides is 1. The number of amides is 3. The van der Waals surface area contributed by atoms with E-state index in [9.17, 15) is 14.1 Å². The number of hydrogen-bond acceptors (Lipinski definition) is 2. The smallest absolute Gasteiger partial charge is 0.349 e. The highest BCUT2D eigenvalue weighted by Gasteiger charge is 2.19. The lowest BCUT2D eigenvalue weighted by Gasteiger charge is -2.05. The summed E-state index contributed by atoms with van der Waals surface area (Å²) < 4.78 is 12.6. The van der Waals surface area contributed by atoms with Gasteiger partial charge >= 0.3 is 6.03 Å². The van der Waals surface area contributed by atoms with Crippen LogP contribution in [0.25, 0.3) is 0 Å². The van der Waals surface area contributed by atoms with Gasteiger partial charge in [-0.3, -0.25) is 4.79 Å². The van der Waals surface area contributed by atoms with Gasteiger partial charge in [0.15, 0.2) is 0 Å². The van der Waals surface area contributed by atoms with Gasteiger partial charge in [0.1, 0.15) is 0 Å². The van der Waals surface area contributed by atoms with E-state index >= 15 is 0 Å². The predicted molar refractivity (Wildman–Crippen MR) is 43.3 cm³/mol. The van der Waals surface area contributed by atoms with Crippen molar-refractivity contribution in [2.24, 2.45) is 5.73 Å². The zero-order valence-corrected chi connectivity index (χ0v) is 6.61. The third-order valence-electron chi connectivity index (χ3n) is 1.39. The minimum atomic E-state index is -1.42. The van der Waals surface area contributed by atoms with Gasteiger partial charge in [-0.05, 0) is 12.1 Å². The van der Waals surface area contributed by atoms with Gasteiger partial charge in [-0.2, -0.15) is 0 Å². The van der Waals surface area contributed by atoms with Crippen molar-refractivity contribution in [1.82, 2.24) is 5.12 Å².